The molecule has 1 aliphatic heterocycles. The highest BCUT2D eigenvalue weighted by Gasteiger charge is 2.34. The summed E-state index contributed by atoms with van der Waals surface area (Å²) in [6, 6.07) is 7.39. The number of carbonyl (C=O) groups is 1. The lowest BCUT2D eigenvalue weighted by Crippen LogP contribution is -2.32. The number of nitrogens with zero attached hydrogens (tertiary/aromatic N) is 1. The third kappa shape index (κ3) is 4.40. The van der Waals surface area contributed by atoms with Crippen LogP contribution < -0.4 is 15.4 Å². The lowest BCUT2D eigenvalue weighted by atomic mass is 10.1. The molecule has 2 aromatic rings. The maximum absolute atomic E-state index is 13.1. The van der Waals surface area contributed by atoms with Gasteiger partial charge in [-0.15, -0.1) is 0 Å². The number of carbonyl (C=O) groups excluding carboxylic acids is 1. The molecule has 2 aromatic carbocycles. The molecule has 0 atom stereocenters. The Morgan fingerprint density at radius 1 is 1.21 bits per heavy atom. The topological polar surface area (TPSA) is 92.5 Å². The van der Waals surface area contributed by atoms with Crippen LogP contribution in [0.1, 0.15) is 11.1 Å². The Morgan fingerprint density at radius 2 is 1.93 bits per heavy atom. The Kier molecular flexibility index (Phi) is 5.30. The zero-order valence-electron chi connectivity index (χ0n) is 14.3. The molecule has 0 aliphatic carbocycles. The molecule has 3 N–H and O–H groups in total. The summed E-state index contributed by atoms with van der Waals surface area (Å²) in [7, 11) is -3.84. The van der Waals surface area contributed by atoms with Crippen molar-refractivity contribution >= 4 is 38.9 Å². The van der Waals surface area contributed by atoms with Crippen LogP contribution in [-0.2, 0) is 27.4 Å². The molecule has 150 valence electrons. The second-order valence-electron chi connectivity index (χ2n) is 6.24. The first-order valence-corrected chi connectivity index (χ1v) is 9.95. The van der Waals surface area contributed by atoms with Crippen molar-refractivity contribution in [3.05, 3.63) is 52.5 Å². The van der Waals surface area contributed by atoms with Gasteiger partial charge >= 0.3 is 6.18 Å². The summed E-state index contributed by atoms with van der Waals surface area (Å²) in [4.78, 5) is 13.9. The smallest absolute Gasteiger partial charge is 0.362 e. The number of benzene rings is 2. The second-order valence-corrected chi connectivity index (χ2v) is 8.24. The summed E-state index contributed by atoms with van der Waals surface area (Å²) in [5.74, 6) is -0.642. The number of amides is 1. The molecule has 28 heavy (non-hydrogen) atoms. The minimum Gasteiger partial charge on any atom is -0.362 e. The van der Waals surface area contributed by atoms with E-state index in [1.807, 2.05) is 0 Å². The summed E-state index contributed by atoms with van der Waals surface area (Å²) >= 11 is 5.63. The number of primary sulfonamides is 1. The number of nitrogens with one attached hydrogen (secondary N) is 1. The van der Waals surface area contributed by atoms with E-state index >= 15 is 0 Å². The number of sulfonamides is 1. The van der Waals surface area contributed by atoms with Crippen LogP contribution in [0.15, 0.2) is 41.3 Å². The molecule has 0 unspecified atom stereocenters. The number of alkyl halides is 3. The molecule has 0 aromatic heterocycles. The van der Waals surface area contributed by atoms with Gasteiger partial charge in [0.15, 0.2) is 0 Å². The summed E-state index contributed by atoms with van der Waals surface area (Å²) in [5, 5.41) is 7.27. The van der Waals surface area contributed by atoms with Gasteiger partial charge in [-0.3, -0.25) is 4.79 Å². The van der Waals surface area contributed by atoms with Crippen molar-refractivity contribution in [2.24, 2.45) is 5.14 Å². The van der Waals surface area contributed by atoms with Gasteiger partial charge in [0.05, 0.1) is 22.7 Å². The van der Waals surface area contributed by atoms with Crippen molar-refractivity contribution in [3.63, 3.8) is 0 Å². The average molecular weight is 434 g/mol. The SMILES string of the molecule is NS(=O)(=O)c1ccc2c(c1)CCN2CC(=O)Nc1ccc(Cl)cc1C(F)(F)F. The Morgan fingerprint density at radius 3 is 2.57 bits per heavy atom. The first-order valence-electron chi connectivity index (χ1n) is 8.02. The van der Waals surface area contributed by atoms with E-state index in [1.54, 1.807) is 4.90 Å². The molecule has 3 rings (SSSR count). The van der Waals surface area contributed by atoms with E-state index in [0.29, 0.717) is 24.2 Å². The zero-order valence-corrected chi connectivity index (χ0v) is 15.8. The van der Waals surface area contributed by atoms with Gasteiger partial charge in [-0.2, -0.15) is 13.2 Å². The van der Waals surface area contributed by atoms with E-state index in [0.717, 1.165) is 12.1 Å². The van der Waals surface area contributed by atoms with E-state index in [1.165, 1.54) is 24.3 Å². The van der Waals surface area contributed by atoms with Gasteiger partial charge in [0.2, 0.25) is 15.9 Å². The summed E-state index contributed by atoms with van der Waals surface area (Å²) < 4.78 is 62.3. The highest BCUT2D eigenvalue weighted by molar-refractivity contribution is 7.89. The highest BCUT2D eigenvalue weighted by Crippen LogP contribution is 2.36. The van der Waals surface area contributed by atoms with Crippen LogP contribution >= 0.6 is 11.6 Å². The molecule has 6 nitrogen and oxygen atoms in total. The predicted molar refractivity (Wildman–Crippen MR) is 98.8 cm³/mol. The molecule has 11 heteroatoms. The van der Waals surface area contributed by atoms with Crippen molar-refractivity contribution in [2.45, 2.75) is 17.5 Å². The summed E-state index contributed by atoms with van der Waals surface area (Å²) in [6.07, 6.45) is -4.18. The van der Waals surface area contributed by atoms with Gasteiger partial charge < -0.3 is 10.2 Å². The molecular formula is C17H15ClF3N3O3S. The molecule has 1 amide bonds. The first kappa shape index (κ1) is 20.4. The molecule has 0 saturated heterocycles. The number of nitrogens with two attached hydrogens (primary N) is 1. The van der Waals surface area contributed by atoms with Crippen LogP contribution in [0.25, 0.3) is 0 Å². The largest absolute Gasteiger partial charge is 0.418 e. The molecule has 0 fully saturated rings. The summed E-state index contributed by atoms with van der Waals surface area (Å²) in [6.45, 7) is 0.227. The van der Waals surface area contributed by atoms with Crippen LogP contribution in [0.4, 0.5) is 24.5 Å². The van der Waals surface area contributed by atoms with Crippen LogP contribution in [0.3, 0.4) is 0 Å². The van der Waals surface area contributed by atoms with Gasteiger partial charge in [0, 0.05) is 17.3 Å². The Hall–Kier alpha value is -2.30. The maximum Gasteiger partial charge on any atom is 0.418 e. The molecule has 0 radical (unpaired) electrons. The minimum atomic E-state index is -4.67. The Balaban J connectivity index is 1.77. The number of halogens is 4. The molecule has 0 bridgehead atoms. The van der Waals surface area contributed by atoms with Gasteiger partial charge in [0.1, 0.15) is 0 Å². The molecule has 1 heterocycles. The van der Waals surface area contributed by atoms with Crippen LogP contribution in [0, 0.1) is 0 Å². The number of fused-ring (bicyclic) bond motifs is 1. The average Bonchev–Trinajstić information content (AvgIpc) is 2.97. The number of rotatable bonds is 4. The Labute approximate surface area is 164 Å². The van der Waals surface area contributed by atoms with Crippen LogP contribution in [0.2, 0.25) is 5.02 Å². The van der Waals surface area contributed by atoms with E-state index in [4.69, 9.17) is 16.7 Å². The summed E-state index contributed by atoms with van der Waals surface area (Å²) in [5.41, 5.74) is -0.0876. The van der Waals surface area contributed by atoms with E-state index in [2.05, 4.69) is 5.32 Å². The van der Waals surface area contributed by atoms with Gasteiger partial charge in [-0.1, -0.05) is 11.6 Å². The molecular weight excluding hydrogens is 419 g/mol. The first-order chi connectivity index (χ1) is 12.9. The standard InChI is InChI=1S/C17H15ClF3N3O3S/c18-11-1-3-14(13(8-11)17(19,20)21)23-16(25)9-24-6-5-10-7-12(28(22,26)27)2-4-15(10)24/h1-4,7-8H,5-6,9H2,(H,23,25)(H2,22,26,27). The number of hydrogen-bond donors (Lipinski definition) is 2. The number of hydrogen-bond acceptors (Lipinski definition) is 4. The zero-order chi connectivity index (χ0) is 20.7. The fourth-order valence-corrected chi connectivity index (χ4v) is 3.75. The quantitative estimate of drug-likeness (QED) is 0.775. The Bertz CT molecular complexity index is 1040. The molecule has 0 saturated carbocycles. The van der Waals surface area contributed by atoms with E-state index < -0.39 is 27.7 Å². The highest BCUT2D eigenvalue weighted by atomic mass is 35.5. The molecule has 0 spiro atoms. The second kappa shape index (κ2) is 7.26. The van der Waals surface area contributed by atoms with Gasteiger partial charge in [-0.05, 0) is 48.4 Å². The van der Waals surface area contributed by atoms with Crippen molar-refractivity contribution in [2.75, 3.05) is 23.3 Å². The van der Waals surface area contributed by atoms with Crippen molar-refractivity contribution in [3.8, 4) is 0 Å². The third-order valence-electron chi connectivity index (χ3n) is 4.27. The van der Waals surface area contributed by atoms with Crippen molar-refractivity contribution < 1.29 is 26.4 Å². The van der Waals surface area contributed by atoms with Crippen LogP contribution in [-0.4, -0.2) is 27.4 Å². The monoisotopic (exact) mass is 433 g/mol. The lowest BCUT2D eigenvalue weighted by molar-refractivity contribution is -0.137. The fraction of sp³-hybridized carbons (Fsp3) is 0.235. The van der Waals surface area contributed by atoms with E-state index in [-0.39, 0.29) is 22.2 Å². The maximum atomic E-state index is 13.1. The minimum absolute atomic E-state index is 0.0338. The van der Waals surface area contributed by atoms with Crippen LogP contribution in [0.5, 0.6) is 0 Å². The number of anilines is 2. The van der Waals surface area contributed by atoms with Gasteiger partial charge in [0.25, 0.3) is 0 Å². The predicted octanol–water partition coefficient (Wildman–Crippen LogP) is 3.01. The molecule has 1 aliphatic rings. The van der Waals surface area contributed by atoms with Gasteiger partial charge in [-0.25, -0.2) is 13.6 Å². The third-order valence-corrected chi connectivity index (χ3v) is 5.41. The lowest BCUT2D eigenvalue weighted by Gasteiger charge is -2.20. The van der Waals surface area contributed by atoms with E-state index in [9.17, 15) is 26.4 Å². The van der Waals surface area contributed by atoms with Crippen molar-refractivity contribution in [1.29, 1.82) is 0 Å². The fourth-order valence-electron chi connectivity index (χ4n) is 3.01. The normalized spacial score (nSPS) is 14.1. The van der Waals surface area contributed by atoms with Crippen molar-refractivity contribution in [1.82, 2.24) is 0 Å².